The van der Waals surface area contributed by atoms with Gasteiger partial charge in [-0.25, -0.2) is 0 Å². The summed E-state index contributed by atoms with van der Waals surface area (Å²) >= 11 is 12.3. The summed E-state index contributed by atoms with van der Waals surface area (Å²) in [5.74, 6) is 0. The zero-order valence-corrected chi connectivity index (χ0v) is 22.2. The van der Waals surface area contributed by atoms with E-state index in [1.807, 2.05) is 6.55 Å². The number of hydrogen-bond acceptors (Lipinski definition) is 1. The average molecular weight is 468 g/mol. The summed E-state index contributed by atoms with van der Waals surface area (Å²) in [4.78, 5) is 0. The molecule has 176 valence electrons. The van der Waals surface area contributed by atoms with Gasteiger partial charge in [0.25, 0.3) is 0 Å². The van der Waals surface area contributed by atoms with E-state index >= 15 is 0 Å². The van der Waals surface area contributed by atoms with Gasteiger partial charge < -0.3 is 5.11 Å². The van der Waals surface area contributed by atoms with Crippen LogP contribution in [0, 0.1) is 0 Å². The molecular formula is C25H52Cl2OSi. The quantitative estimate of drug-likeness (QED) is 0.0850. The van der Waals surface area contributed by atoms with Gasteiger partial charge in [0, 0.05) is 6.61 Å². The molecule has 29 heavy (non-hydrogen) atoms. The summed E-state index contributed by atoms with van der Waals surface area (Å²) in [5, 5.41) is 8.74. The van der Waals surface area contributed by atoms with Crippen molar-refractivity contribution in [1.29, 1.82) is 0 Å². The molecule has 1 nitrogen and oxygen atoms in total. The first-order valence-corrected chi connectivity index (χ1v) is 17.8. The average Bonchev–Trinajstić information content (AvgIpc) is 2.67. The predicted molar refractivity (Wildman–Crippen MR) is 137 cm³/mol. The lowest BCUT2D eigenvalue weighted by atomic mass is 10.0. The molecule has 0 heterocycles. The first-order valence-electron chi connectivity index (χ1n) is 13.0. The Bertz CT molecular complexity index is 308. The van der Waals surface area contributed by atoms with Crippen LogP contribution in [0.2, 0.25) is 12.6 Å². The van der Waals surface area contributed by atoms with Crippen LogP contribution in [0.25, 0.3) is 0 Å². The molecule has 0 amide bonds. The van der Waals surface area contributed by atoms with E-state index in [-0.39, 0.29) is 0 Å². The normalized spacial score (nSPS) is 12.0. The second-order valence-electron chi connectivity index (χ2n) is 9.32. The molecule has 0 bridgehead atoms. The minimum atomic E-state index is -1.84. The van der Waals surface area contributed by atoms with Crippen LogP contribution in [0.5, 0.6) is 0 Å². The van der Waals surface area contributed by atoms with E-state index in [1.54, 1.807) is 0 Å². The Labute approximate surface area is 194 Å². The molecule has 0 aromatic rings. The maximum atomic E-state index is 8.74. The van der Waals surface area contributed by atoms with Crippen molar-refractivity contribution in [2.24, 2.45) is 0 Å². The molecule has 0 rings (SSSR count). The van der Waals surface area contributed by atoms with Crippen molar-refractivity contribution in [3.05, 3.63) is 0 Å². The monoisotopic (exact) mass is 466 g/mol. The number of rotatable bonds is 24. The van der Waals surface area contributed by atoms with E-state index in [0.717, 1.165) is 12.5 Å². The van der Waals surface area contributed by atoms with E-state index in [9.17, 15) is 0 Å². The fourth-order valence-corrected chi connectivity index (χ4v) is 5.76. The Morgan fingerprint density at radius 1 is 0.414 bits per heavy atom. The summed E-state index contributed by atoms with van der Waals surface area (Å²) in [6.07, 6.45) is 30.3. The number of aliphatic hydroxyl groups is 1. The van der Waals surface area contributed by atoms with Crippen LogP contribution in [-0.4, -0.2) is 18.4 Å². The van der Waals surface area contributed by atoms with Gasteiger partial charge >= 0.3 is 0 Å². The Hall–Kier alpha value is 0.757. The van der Waals surface area contributed by atoms with Gasteiger partial charge in [0.15, 0.2) is 0 Å². The molecule has 0 aliphatic heterocycles. The lowest BCUT2D eigenvalue weighted by molar-refractivity contribution is 0.282. The molecule has 1 N–H and O–H groups in total. The Balaban J connectivity index is 3.02. The number of unbranched alkanes of at least 4 members (excludes halogenated alkanes) is 21. The number of aliphatic hydroxyl groups excluding tert-OH is 1. The molecule has 0 spiro atoms. The van der Waals surface area contributed by atoms with Crippen molar-refractivity contribution in [2.45, 2.75) is 154 Å². The molecule has 0 aromatic carbocycles. The second kappa shape index (κ2) is 23.4. The first-order chi connectivity index (χ1) is 14.1. The van der Waals surface area contributed by atoms with Crippen LogP contribution >= 0.6 is 22.2 Å². The zero-order valence-electron chi connectivity index (χ0n) is 19.7. The number of hydrogen-bond donors (Lipinski definition) is 1. The van der Waals surface area contributed by atoms with Gasteiger partial charge in [-0.3, -0.25) is 0 Å². The minimum absolute atomic E-state index is 0.368. The van der Waals surface area contributed by atoms with E-state index in [2.05, 4.69) is 0 Å². The van der Waals surface area contributed by atoms with Crippen molar-refractivity contribution >= 4 is 28.9 Å². The van der Waals surface area contributed by atoms with Gasteiger partial charge in [0.2, 0.25) is 6.69 Å². The van der Waals surface area contributed by atoms with Gasteiger partial charge in [-0.2, -0.15) is 0 Å². The van der Waals surface area contributed by atoms with Gasteiger partial charge in [0.05, 0.1) is 0 Å². The van der Waals surface area contributed by atoms with Crippen LogP contribution in [0.4, 0.5) is 0 Å². The van der Waals surface area contributed by atoms with Gasteiger partial charge in [-0.15, -0.1) is 22.2 Å². The molecule has 0 saturated carbocycles. The van der Waals surface area contributed by atoms with Crippen molar-refractivity contribution in [3.8, 4) is 0 Å². The van der Waals surface area contributed by atoms with Crippen molar-refractivity contribution in [1.82, 2.24) is 0 Å². The Morgan fingerprint density at radius 3 is 0.828 bits per heavy atom. The van der Waals surface area contributed by atoms with Crippen molar-refractivity contribution in [2.75, 3.05) is 6.61 Å². The highest BCUT2D eigenvalue weighted by Gasteiger charge is 2.19. The third kappa shape index (κ3) is 28.8. The van der Waals surface area contributed by atoms with E-state index in [4.69, 9.17) is 27.3 Å². The summed E-state index contributed by atoms with van der Waals surface area (Å²) < 4.78 is 0. The number of halogens is 2. The molecule has 0 saturated heterocycles. The van der Waals surface area contributed by atoms with E-state index in [1.165, 1.54) is 135 Å². The molecule has 0 aromatic heterocycles. The van der Waals surface area contributed by atoms with Crippen molar-refractivity contribution < 1.29 is 5.11 Å². The van der Waals surface area contributed by atoms with Crippen LogP contribution in [-0.2, 0) is 0 Å². The summed E-state index contributed by atoms with van der Waals surface area (Å²) in [5.41, 5.74) is 0. The first kappa shape index (κ1) is 29.8. The molecule has 4 heteroatoms. The fourth-order valence-electron chi connectivity index (χ4n) is 4.08. The fraction of sp³-hybridized carbons (Fsp3) is 1.00. The largest absolute Gasteiger partial charge is 0.396 e. The lowest BCUT2D eigenvalue weighted by Crippen LogP contribution is -2.11. The standard InChI is InChI=1S/C25H52Cl2OSi/c1-29(26,27)25-23-21-19-17-15-13-11-9-7-5-3-2-4-6-8-10-12-14-16-18-20-22-24-28/h28H,2-25H2,1H3. The van der Waals surface area contributed by atoms with Gasteiger partial charge in [0.1, 0.15) is 0 Å². The summed E-state index contributed by atoms with van der Waals surface area (Å²) in [6.45, 7) is 0.562. The van der Waals surface area contributed by atoms with Crippen LogP contribution in [0.15, 0.2) is 0 Å². The third-order valence-electron chi connectivity index (χ3n) is 6.02. The predicted octanol–water partition coefficient (Wildman–Crippen LogP) is 10.1. The highest BCUT2D eigenvalue weighted by molar-refractivity contribution is 7.44. The smallest absolute Gasteiger partial charge is 0.248 e. The van der Waals surface area contributed by atoms with Gasteiger partial charge in [-0.05, 0) is 19.0 Å². The Morgan fingerprint density at radius 2 is 0.621 bits per heavy atom. The lowest BCUT2D eigenvalue weighted by Gasteiger charge is -2.09. The second-order valence-corrected chi connectivity index (χ2v) is 17.5. The molecule has 0 atom stereocenters. The molecule has 0 radical (unpaired) electrons. The van der Waals surface area contributed by atoms with Crippen LogP contribution < -0.4 is 0 Å². The summed E-state index contributed by atoms with van der Waals surface area (Å²) in [6, 6.07) is 1.06. The molecule has 0 unspecified atom stereocenters. The highest BCUT2D eigenvalue weighted by Crippen LogP contribution is 2.23. The maximum absolute atomic E-state index is 8.74. The van der Waals surface area contributed by atoms with E-state index in [0.29, 0.717) is 6.61 Å². The SMILES string of the molecule is C[Si](Cl)(Cl)CCCCCCCCCCCCCCCCCCCCCCCCO. The minimum Gasteiger partial charge on any atom is -0.396 e. The van der Waals surface area contributed by atoms with Gasteiger partial charge in [-0.1, -0.05) is 135 Å². The molecule has 0 aliphatic carbocycles. The summed E-state index contributed by atoms with van der Waals surface area (Å²) in [7, 11) is 0. The molecule has 0 aliphatic rings. The molecule has 0 fully saturated rings. The van der Waals surface area contributed by atoms with Crippen LogP contribution in [0.3, 0.4) is 0 Å². The van der Waals surface area contributed by atoms with Crippen molar-refractivity contribution in [3.63, 3.8) is 0 Å². The zero-order chi connectivity index (χ0) is 21.5. The Kier molecular flexibility index (Phi) is 24.0. The molecular weight excluding hydrogens is 415 g/mol. The highest BCUT2D eigenvalue weighted by atomic mass is 35.7. The van der Waals surface area contributed by atoms with Crippen LogP contribution in [0.1, 0.15) is 141 Å². The van der Waals surface area contributed by atoms with E-state index < -0.39 is 6.69 Å². The third-order valence-corrected chi connectivity index (χ3v) is 8.39. The maximum Gasteiger partial charge on any atom is 0.248 e. The topological polar surface area (TPSA) is 20.2 Å².